The van der Waals surface area contributed by atoms with Crippen LogP contribution in [0.3, 0.4) is 0 Å². The average molecular weight is 502 g/mol. The molecular formula is C14H12Cl2N4Pt+2. The molecule has 0 aliphatic carbocycles. The van der Waals surface area contributed by atoms with E-state index in [1.807, 2.05) is 70.0 Å². The Morgan fingerprint density at radius 3 is 1.43 bits per heavy atom. The Morgan fingerprint density at radius 2 is 1.05 bits per heavy atom. The molecule has 0 fully saturated rings. The molecule has 0 atom stereocenters. The van der Waals surface area contributed by atoms with Crippen molar-refractivity contribution < 1.29 is 45.9 Å². The summed E-state index contributed by atoms with van der Waals surface area (Å²) >= 11 is 0. The summed E-state index contributed by atoms with van der Waals surface area (Å²) in [5.41, 5.74) is 2.00. The van der Waals surface area contributed by atoms with Crippen LogP contribution >= 0.6 is 0 Å². The topological polar surface area (TPSA) is 34.6 Å². The van der Waals surface area contributed by atoms with Crippen molar-refractivity contribution >= 4 is 11.3 Å². The van der Waals surface area contributed by atoms with Gasteiger partial charge in [0.05, 0.1) is 0 Å². The molecule has 0 amide bonds. The van der Waals surface area contributed by atoms with Crippen LogP contribution in [-0.4, -0.2) is 18.8 Å². The molecule has 4 aromatic rings. The quantitative estimate of drug-likeness (QED) is 0.253. The molecule has 0 saturated heterocycles. The first-order chi connectivity index (χ1) is 8.93. The molecule has 0 spiro atoms. The molecule has 4 aromatic heterocycles. The van der Waals surface area contributed by atoms with E-state index in [1.54, 1.807) is 12.4 Å². The molecule has 21 heavy (non-hydrogen) atoms. The molecule has 4 rings (SSSR count). The first-order valence-electron chi connectivity index (χ1n) is 5.69. The minimum absolute atomic E-state index is 0. The van der Waals surface area contributed by atoms with Gasteiger partial charge in [0.25, 0.3) is 0 Å². The summed E-state index contributed by atoms with van der Waals surface area (Å²) in [7, 11) is 0. The van der Waals surface area contributed by atoms with E-state index in [-0.39, 0.29) is 45.9 Å². The van der Waals surface area contributed by atoms with Gasteiger partial charge in [0.1, 0.15) is 11.3 Å². The number of imidazole rings is 2. The second-order valence-electron chi connectivity index (χ2n) is 3.79. The molecule has 0 aromatic carbocycles. The Kier molecular flexibility index (Phi) is 8.94. The van der Waals surface area contributed by atoms with Crippen LogP contribution in [0, 0.1) is 0 Å². The van der Waals surface area contributed by atoms with Gasteiger partial charge in [-0.05, 0) is 24.3 Å². The molecule has 0 unspecified atom stereocenters. The third-order valence-corrected chi connectivity index (χ3v) is 2.60. The van der Waals surface area contributed by atoms with Crippen molar-refractivity contribution in [3.05, 3.63) is 73.6 Å². The zero-order valence-corrected chi connectivity index (χ0v) is 14.6. The maximum atomic E-state index is 4.08. The fraction of sp³-hybridized carbons (Fsp3) is 0. The number of hydrogen-bond acceptors (Lipinski definition) is 2. The summed E-state index contributed by atoms with van der Waals surface area (Å²) < 4.78 is 3.94. The van der Waals surface area contributed by atoms with Crippen molar-refractivity contribution in [2.45, 2.75) is 0 Å². The van der Waals surface area contributed by atoms with E-state index in [0.717, 1.165) is 11.3 Å². The third kappa shape index (κ3) is 4.85. The second-order valence-corrected chi connectivity index (χ2v) is 3.79. The number of pyridine rings is 2. The Balaban J connectivity index is 0.000000333. The van der Waals surface area contributed by atoms with E-state index < -0.39 is 0 Å². The fourth-order valence-electron chi connectivity index (χ4n) is 1.73. The predicted octanol–water partition coefficient (Wildman–Crippen LogP) is -3.33. The number of fused-ring (bicyclic) bond motifs is 2. The van der Waals surface area contributed by atoms with Crippen molar-refractivity contribution in [2.75, 3.05) is 0 Å². The minimum Gasteiger partial charge on any atom is -1.00 e. The molecule has 4 nitrogen and oxygen atoms in total. The molecule has 7 heteroatoms. The Hall–Kier alpha value is -1.35. The molecule has 4 heterocycles. The van der Waals surface area contributed by atoms with Gasteiger partial charge in [-0.15, -0.1) is 0 Å². The number of rotatable bonds is 0. The molecule has 0 aliphatic rings. The normalized spacial score (nSPS) is 8.76. The zero-order valence-electron chi connectivity index (χ0n) is 10.8. The van der Waals surface area contributed by atoms with Crippen LogP contribution in [0.25, 0.3) is 11.3 Å². The number of halogens is 2. The standard InChI is InChI=1S/2C7H6N2.2ClH.Pt/c2*1-2-5-9-6-4-8-7(9)3-1;;;/h2*1-6H;2*1H;/q;;;;+4/p-2. The Morgan fingerprint density at radius 1 is 0.619 bits per heavy atom. The van der Waals surface area contributed by atoms with Crippen LogP contribution in [-0.2, 0) is 21.1 Å². The van der Waals surface area contributed by atoms with Gasteiger partial charge < -0.3 is 33.6 Å². The maximum Gasteiger partial charge on any atom is 4.00 e. The van der Waals surface area contributed by atoms with E-state index >= 15 is 0 Å². The van der Waals surface area contributed by atoms with E-state index in [1.165, 1.54) is 0 Å². The molecule has 0 aliphatic heterocycles. The van der Waals surface area contributed by atoms with Crippen LogP contribution in [0.4, 0.5) is 0 Å². The second kappa shape index (κ2) is 9.56. The first kappa shape index (κ1) is 19.6. The Labute approximate surface area is 149 Å². The molecule has 110 valence electrons. The maximum absolute atomic E-state index is 4.08. The van der Waals surface area contributed by atoms with Gasteiger partial charge in [-0.25, -0.2) is 9.97 Å². The Bertz CT molecular complexity index is 643. The van der Waals surface area contributed by atoms with E-state index in [0.29, 0.717) is 0 Å². The van der Waals surface area contributed by atoms with Crippen molar-refractivity contribution in [3.8, 4) is 0 Å². The monoisotopic (exact) mass is 501 g/mol. The number of hydrogen-bond donors (Lipinski definition) is 0. The van der Waals surface area contributed by atoms with Crippen LogP contribution in [0.5, 0.6) is 0 Å². The van der Waals surface area contributed by atoms with Crippen LogP contribution in [0.2, 0.25) is 0 Å². The van der Waals surface area contributed by atoms with Gasteiger partial charge in [-0.3, -0.25) is 0 Å². The van der Waals surface area contributed by atoms with Gasteiger partial charge in [0.2, 0.25) is 0 Å². The zero-order chi connectivity index (χ0) is 12.2. The van der Waals surface area contributed by atoms with E-state index in [9.17, 15) is 0 Å². The minimum atomic E-state index is 0. The predicted molar refractivity (Wildman–Crippen MR) is 70.4 cm³/mol. The van der Waals surface area contributed by atoms with Gasteiger partial charge >= 0.3 is 21.1 Å². The third-order valence-electron chi connectivity index (χ3n) is 2.60. The summed E-state index contributed by atoms with van der Waals surface area (Å²) in [6, 6.07) is 11.9. The molecule has 0 N–H and O–H groups in total. The summed E-state index contributed by atoms with van der Waals surface area (Å²) in [5.74, 6) is 0. The SMILES string of the molecule is [Cl-].[Cl-].[Pt+4].c1ccn2ccnc2c1.c1ccn2ccnc2c1. The summed E-state index contributed by atoms with van der Waals surface area (Å²) in [6.45, 7) is 0. The van der Waals surface area contributed by atoms with E-state index in [4.69, 9.17) is 0 Å². The van der Waals surface area contributed by atoms with Crippen LogP contribution in [0.15, 0.2) is 73.6 Å². The summed E-state index contributed by atoms with van der Waals surface area (Å²) in [6.07, 6.45) is 11.4. The molecule has 0 saturated carbocycles. The summed E-state index contributed by atoms with van der Waals surface area (Å²) in [4.78, 5) is 8.16. The van der Waals surface area contributed by atoms with Gasteiger partial charge in [0.15, 0.2) is 0 Å². The molecule has 0 bridgehead atoms. The molecular weight excluding hydrogens is 490 g/mol. The number of nitrogens with zero attached hydrogens (tertiary/aromatic N) is 4. The van der Waals surface area contributed by atoms with Gasteiger partial charge in [0, 0.05) is 37.2 Å². The van der Waals surface area contributed by atoms with Gasteiger partial charge in [-0.2, -0.15) is 0 Å². The smallest absolute Gasteiger partial charge is 1.00 e. The largest absolute Gasteiger partial charge is 4.00 e. The van der Waals surface area contributed by atoms with E-state index in [2.05, 4.69) is 9.97 Å². The van der Waals surface area contributed by atoms with Crippen molar-refractivity contribution in [3.63, 3.8) is 0 Å². The van der Waals surface area contributed by atoms with Crippen LogP contribution < -0.4 is 24.8 Å². The summed E-state index contributed by atoms with van der Waals surface area (Å²) in [5, 5.41) is 0. The molecule has 0 radical (unpaired) electrons. The van der Waals surface area contributed by atoms with Gasteiger partial charge in [-0.1, -0.05) is 12.1 Å². The first-order valence-corrected chi connectivity index (χ1v) is 5.69. The van der Waals surface area contributed by atoms with Crippen molar-refractivity contribution in [1.82, 2.24) is 18.8 Å². The number of aromatic nitrogens is 4. The van der Waals surface area contributed by atoms with Crippen molar-refractivity contribution in [1.29, 1.82) is 0 Å². The van der Waals surface area contributed by atoms with Crippen molar-refractivity contribution in [2.24, 2.45) is 0 Å². The fourth-order valence-corrected chi connectivity index (χ4v) is 1.73. The average Bonchev–Trinajstić information content (AvgIpc) is 3.08. The van der Waals surface area contributed by atoms with Crippen LogP contribution in [0.1, 0.15) is 0 Å².